The maximum Gasteiger partial charge on any atom is 0.0524 e. The zero-order valence-electron chi connectivity index (χ0n) is 8.11. The molecule has 72 valence electrons. The Morgan fingerprint density at radius 1 is 1.62 bits per heavy atom. The van der Waals surface area contributed by atoms with Crippen LogP contribution in [0.4, 0.5) is 0 Å². The Hall–Kier alpha value is -0.830. The van der Waals surface area contributed by atoms with E-state index in [-0.39, 0.29) is 0 Å². The zero-order chi connectivity index (χ0) is 9.26. The maximum absolute atomic E-state index is 5.67. The molecule has 13 heavy (non-hydrogen) atoms. The lowest BCUT2D eigenvalue weighted by Gasteiger charge is -2.35. The van der Waals surface area contributed by atoms with Gasteiger partial charge in [-0.15, -0.1) is 0 Å². The summed E-state index contributed by atoms with van der Waals surface area (Å²) in [6, 6.07) is 0. The molecule has 0 spiro atoms. The molecule has 2 rings (SSSR count). The average Bonchev–Trinajstić information content (AvgIpc) is 2.52. The second-order valence-electron chi connectivity index (χ2n) is 3.81. The van der Waals surface area contributed by atoms with Crippen LogP contribution in [0.15, 0.2) is 12.4 Å². The molecule has 2 unspecified atom stereocenters. The average molecular weight is 179 g/mol. The number of hydrogen-bond donors (Lipinski definition) is 1. The minimum atomic E-state index is 0.685. The molecule has 1 saturated carbocycles. The van der Waals surface area contributed by atoms with E-state index in [1.54, 1.807) is 0 Å². The first-order valence-electron chi connectivity index (χ1n) is 5.07. The first kappa shape index (κ1) is 8.75. The molecule has 1 aromatic rings. The SMILES string of the molecule is CCn1cc(C2CCC2CN)cn1. The van der Waals surface area contributed by atoms with Gasteiger partial charge in [-0.1, -0.05) is 0 Å². The Kier molecular flexibility index (Phi) is 2.36. The van der Waals surface area contributed by atoms with Gasteiger partial charge in [0.15, 0.2) is 0 Å². The van der Waals surface area contributed by atoms with E-state index in [0.29, 0.717) is 11.8 Å². The van der Waals surface area contributed by atoms with Gasteiger partial charge < -0.3 is 5.73 Å². The van der Waals surface area contributed by atoms with Gasteiger partial charge in [-0.05, 0) is 43.7 Å². The second kappa shape index (κ2) is 3.50. The maximum atomic E-state index is 5.67. The molecule has 0 radical (unpaired) electrons. The minimum absolute atomic E-state index is 0.685. The zero-order valence-corrected chi connectivity index (χ0v) is 8.11. The number of hydrogen-bond acceptors (Lipinski definition) is 2. The lowest BCUT2D eigenvalue weighted by molar-refractivity contribution is 0.263. The Morgan fingerprint density at radius 2 is 2.46 bits per heavy atom. The smallest absolute Gasteiger partial charge is 0.0524 e. The van der Waals surface area contributed by atoms with E-state index in [1.165, 1.54) is 18.4 Å². The standard InChI is InChI=1S/C10H17N3/c1-2-13-7-9(6-12-13)10-4-3-8(10)5-11/h6-8,10H,2-5,11H2,1H3. The number of nitrogens with two attached hydrogens (primary N) is 1. The Labute approximate surface area is 78.9 Å². The van der Waals surface area contributed by atoms with E-state index in [9.17, 15) is 0 Å². The molecule has 0 bridgehead atoms. The Balaban J connectivity index is 2.07. The van der Waals surface area contributed by atoms with Crippen LogP contribution in [0.3, 0.4) is 0 Å². The summed E-state index contributed by atoms with van der Waals surface area (Å²) < 4.78 is 1.99. The van der Waals surface area contributed by atoms with Gasteiger partial charge in [-0.25, -0.2) is 0 Å². The van der Waals surface area contributed by atoms with Crippen LogP contribution in [0.2, 0.25) is 0 Å². The molecule has 0 amide bonds. The van der Waals surface area contributed by atoms with Crippen LogP contribution in [-0.4, -0.2) is 16.3 Å². The van der Waals surface area contributed by atoms with Gasteiger partial charge in [-0.3, -0.25) is 4.68 Å². The molecular formula is C10H17N3. The van der Waals surface area contributed by atoms with E-state index in [4.69, 9.17) is 5.73 Å². The van der Waals surface area contributed by atoms with Crippen molar-refractivity contribution in [1.29, 1.82) is 0 Å². The third-order valence-corrected chi connectivity index (χ3v) is 3.13. The van der Waals surface area contributed by atoms with Crippen LogP contribution in [0, 0.1) is 5.92 Å². The summed E-state index contributed by atoms with van der Waals surface area (Å²) in [6.07, 6.45) is 6.73. The van der Waals surface area contributed by atoms with Gasteiger partial charge in [0.05, 0.1) is 6.20 Å². The molecule has 2 atom stereocenters. The van der Waals surface area contributed by atoms with Crippen molar-refractivity contribution < 1.29 is 0 Å². The molecule has 0 aliphatic heterocycles. The van der Waals surface area contributed by atoms with Crippen LogP contribution in [0.25, 0.3) is 0 Å². The van der Waals surface area contributed by atoms with Crippen LogP contribution in [0.1, 0.15) is 31.2 Å². The van der Waals surface area contributed by atoms with E-state index in [2.05, 4.69) is 18.2 Å². The lowest BCUT2D eigenvalue weighted by atomic mass is 9.71. The summed E-state index contributed by atoms with van der Waals surface area (Å²) in [5, 5.41) is 4.28. The van der Waals surface area contributed by atoms with Crippen LogP contribution >= 0.6 is 0 Å². The van der Waals surface area contributed by atoms with Crippen LogP contribution in [0.5, 0.6) is 0 Å². The van der Waals surface area contributed by atoms with Gasteiger partial charge in [0.25, 0.3) is 0 Å². The summed E-state index contributed by atoms with van der Waals surface area (Å²) in [5.74, 6) is 1.39. The Bertz CT molecular complexity index is 277. The molecule has 3 heteroatoms. The van der Waals surface area contributed by atoms with Crippen molar-refractivity contribution in [2.75, 3.05) is 6.54 Å². The lowest BCUT2D eigenvalue weighted by Crippen LogP contribution is -2.30. The van der Waals surface area contributed by atoms with Crippen LogP contribution in [-0.2, 0) is 6.54 Å². The summed E-state index contributed by atoms with van der Waals surface area (Å²) in [5.41, 5.74) is 7.05. The Morgan fingerprint density at radius 3 is 2.92 bits per heavy atom. The van der Waals surface area contributed by atoms with Crippen molar-refractivity contribution >= 4 is 0 Å². The van der Waals surface area contributed by atoms with Crippen molar-refractivity contribution in [3.05, 3.63) is 18.0 Å². The highest BCUT2D eigenvalue weighted by molar-refractivity contribution is 5.16. The molecule has 3 nitrogen and oxygen atoms in total. The molecule has 1 heterocycles. The third kappa shape index (κ3) is 1.48. The van der Waals surface area contributed by atoms with Crippen molar-refractivity contribution in [2.45, 2.75) is 32.2 Å². The molecule has 0 aromatic carbocycles. The van der Waals surface area contributed by atoms with E-state index in [0.717, 1.165) is 13.1 Å². The largest absolute Gasteiger partial charge is 0.330 e. The van der Waals surface area contributed by atoms with E-state index in [1.807, 2.05) is 10.9 Å². The van der Waals surface area contributed by atoms with Gasteiger partial charge in [0.1, 0.15) is 0 Å². The normalized spacial score (nSPS) is 27.2. The summed E-state index contributed by atoms with van der Waals surface area (Å²) in [7, 11) is 0. The van der Waals surface area contributed by atoms with Crippen molar-refractivity contribution in [1.82, 2.24) is 9.78 Å². The second-order valence-corrected chi connectivity index (χ2v) is 3.81. The van der Waals surface area contributed by atoms with E-state index < -0.39 is 0 Å². The first-order chi connectivity index (χ1) is 6.35. The fraction of sp³-hybridized carbons (Fsp3) is 0.700. The van der Waals surface area contributed by atoms with Gasteiger partial charge in [0.2, 0.25) is 0 Å². The predicted molar refractivity (Wildman–Crippen MR) is 52.4 cm³/mol. The molecule has 0 saturated heterocycles. The van der Waals surface area contributed by atoms with Crippen LogP contribution < -0.4 is 5.73 Å². The predicted octanol–water partition coefficient (Wildman–Crippen LogP) is 1.36. The molecule has 1 aliphatic carbocycles. The molecule has 2 N–H and O–H groups in total. The fourth-order valence-electron chi connectivity index (χ4n) is 2.03. The minimum Gasteiger partial charge on any atom is -0.330 e. The molecule has 1 fully saturated rings. The highest BCUT2D eigenvalue weighted by Crippen LogP contribution is 2.41. The monoisotopic (exact) mass is 179 g/mol. The highest BCUT2D eigenvalue weighted by Gasteiger charge is 2.31. The van der Waals surface area contributed by atoms with Gasteiger partial charge in [0, 0.05) is 12.7 Å². The molecule has 1 aliphatic rings. The van der Waals surface area contributed by atoms with E-state index >= 15 is 0 Å². The first-order valence-corrected chi connectivity index (χ1v) is 5.07. The third-order valence-electron chi connectivity index (χ3n) is 3.13. The summed E-state index contributed by atoms with van der Waals surface area (Å²) >= 11 is 0. The highest BCUT2D eigenvalue weighted by atomic mass is 15.3. The molecular weight excluding hydrogens is 162 g/mol. The van der Waals surface area contributed by atoms with Gasteiger partial charge in [-0.2, -0.15) is 5.10 Å². The molecule has 1 aromatic heterocycles. The number of aromatic nitrogens is 2. The van der Waals surface area contributed by atoms with Crippen molar-refractivity contribution in [3.8, 4) is 0 Å². The van der Waals surface area contributed by atoms with Gasteiger partial charge >= 0.3 is 0 Å². The number of nitrogens with zero attached hydrogens (tertiary/aromatic N) is 2. The topological polar surface area (TPSA) is 43.8 Å². The number of rotatable bonds is 3. The fourth-order valence-corrected chi connectivity index (χ4v) is 2.03. The quantitative estimate of drug-likeness (QED) is 0.761. The van der Waals surface area contributed by atoms with Crippen molar-refractivity contribution in [3.63, 3.8) is 0 Å². The summed E-state index contributed by atoms with van der Waals surface area (Å²) in [4.78, 5) is 0. The number of aryl methyl sites for hydroxylation is 1. The summed E-state index contributed by atoms with van der Waals surface area (Å²) in [6.45, 7) is 3.89. The van der Waals surface area contributed by atoms with Crippen molar-refractivity contribution in [2.24, 2.45) is 11.7 Å².